The molecule has 1 amide bonds. The van der Waals surface area contributed by atoms with E-state index in [1.165, 1.54) is 16.2 Å². The van der Waals surface area contributed by atoms with Crippen molar-refractivity contribution in [3.63, 3.8) is 0 Å². The predicted molar refractivity (Wildman–Crippen MR) is 128 cm³/mol. The zero-order chi connectivity index (χ0) is 23.7. The van der Waals surface area contributed by atoms with Gasteiger partial charge in [0.05, 0.1) is 18.2 Å². The van der Waals surface area contributed by atoms with E-state index in [0.29, 0.717) is 33.6 Å². The number of nitrogens with zero attached hydrogens (tertiary/aromatic N) is 3. The number of aliphatic hydroxyl groups is 1. The third kappa shape index (κ3) is 4.26. The highest BCUT2D eigenvalue weighted by molar-refractivity contribution is 7.15. The van der Waals surface area contributed by atoms with Gasteiger partial charge in [0.25, 0.3) is 5.78 Å². The molecule has 1 saturated heterocycles. The van der Waals surface area contributed by atoms with Crippen LogP contribution in [0.3, 0.4) is 0 Å². The number of amides is 1. The van der Waals surface area contributed by atoms with Crippen molar-refractivity contribution in [3.05, 3.63) is 75.3 Å². The normalized spacial score (nSPS) is 17.6. The maximum absolute atomic E-state index is 13.2. The fraction of sp³-hybridized carbons (Fsp3) is 0.280. The number of Topliss-reactive ketones (excluding diaryl/α,β-unsaturated/α-hetero) is 1. The summed E-state index contributed by atoms with van der Waals surface area (Å²) >= 11 is 1.22. The standard InChI is InChI=1S/C25H25N3O4S/c1-5-12-32-18-10-8-17(9-11-18)21-20(22(29)19-13-14(2)6-7-15(19)3)23(30)24(31)28(21)25-27-26-16(4)33-25/h6-11,13,21,29H,5,12H2,1-4H3/b22-20+. The second kappa shape index (κ2) is 9.15. The van der Waals surface area contributed by atoms with Crippen LogP contribution in [-0.4, -0.2) is 33.6 Å². The molecule has 8 heteroatoms. The molecule has 7 nitrogen and oxygen atoms in total. The van der Waals surface area contributed by atoms with Crippen LogP contribution in [0.4, 0.5) is 5.13 Å². The smallest absolute Gasteiger partial charge is 0.301 e. The van der Waals surface area contributed by atoms with Crippen molar-refractivity contribution >= 4 is 33.9 Å². The molecule has 3 aromatic rings. The first-order chi connectivity index (χ1) is 15.8. The van der Waals surface area contributed by atoms with Gasteiger partial charge in [-0.1, -0.05) is 48.1 Å². The number of rotatable bonds is 6. The van der Waals surface area contributed by atoms with Crippen molar-refractivity contribution in [1.29, 1.82) is 0 Å². The molecule has 1 unspecified atom stereocenters. The Labute approximate surface area is 196 Å². The van der Waals surface area contributed by atoms with Crippen LogP contribution >= 0.6 is 11.3 Å². The van der Waals surface area contributed by atoms with Gasteiger partial charge in [0.1, 0.15) is 16.5 Å². The van der Waals surface area contributed by atoms with Crippen molar-refractivity contribution in [2.24, 2.45) is 0 Å². The van der Waals surface area contributed by atoms with E-state index in [1.807, 2.05) is 39.0 Å². The lowest BCUT2D eigenvalue weighted by molar-refractivity contribution is -0.132. The molecule has 0 saturated carbocycles. The highest BCUT2D eigenvalue weighted by Crippen LogP contribution is 2.43. The minimum Gasteiger partial charge on any atom is -0.507 e. The number of ketones is 1. The van der Waals surface area contributed by atoms with E-state index in [1.54, 1.807) is 31.2 Å². The number of anilines is 1. The van der Waals surface area contributed by atoms with Crippen molar-refractivity contribution in [1.82, 2.24) is 10.2 Å². The minimum atomic E-state index is -0.836. The number of hydrogen-bond donors (Lipinski definition) is 1. The summed E-state index contributed by atoms with van der Waals surface area (Å²) in [6, 6.07) is 12.0. The van der Waals surface area contributed by atoms with Gasteiger partial charge in [-0.25, -0.2) is 0 Å². The summed E-state index contributed by atoms with van der Waals surface area (Å²) < 4.78 is 5.67. The lowest BCUT2D eigenvalue weighted by Gasteiger charge is -2.23. The van der Waals surface area contributed by atoms with Crippen LogP contribution in [0.15, 0.2) is 48.0 Å². The van der Waals surface area contributed by atoms with E-state index in [9.17, 15) is 14.7 Å². The number of hydrogen-bond acceptors (Lipinski definition) is 7. The molecule has 170 valence electrons. The van der Waals surface area contributed by atoms with Crippen LogP contribution in [0.2, 0.25) is 0 Å². The van der Waals surface area contributed by atoms with Crippen LogP contribution in [0.5, 0.6) is 5.75 Å². The Hall–Kier alpha value is -3.52. The molecule has 0 aliphatic carbocycles. The Bertz CT molecular complexity index is 1250. The third-order valence-corrected chi connectivity index (χ3v) is 6.32. The zero-order valence-electron chi connectivity index (χ0n) is 19.0. The predicted octanol–water partition coefficient (Wildman–Crippen LogP) is 4.88. The van der Waals surface area contributed by atoms with Gasteiger partial charge in [-0.15, -0.1) is 10.2 Å². The van der Waals surface area contributed by atoms with Crippen molar-refractivity contribution in [3.8, 4) is 5.75 Å². The maximum Gasteiger partial charge on any atom is 0.301 e. The maximum atomic E-state index is 13.2. The molecule has 1 aromatic heterocycles. The van der Waals surface area contributed by atoms with Crippen LogP contribution in [0, 0.1) is 20.8 Å². The van der Waals surface area contributed by atoms with Gasteiger partial charge in [0.15, 0.2) is 0 Å². The number of benzene rings is 2. The third-order valence-electron chi connectivity index (χ3n) is 5.48. The topological polar surface area (TPSA) is 92.6 Å². The first-order valence-corrected chi connectivity index (χ1v) is 11.5. The number of aromatic nitrogens is 2. The molecule has 2 aromatic carbocycles. The Morgan fingerprint density at radius 2 is 1.82 bits per heavy atom. The van der Waals surface area contributed by atoms with Crippen LogP contribution < -0.4 is 9.64 Å². The quantitative estimate of drug-likeness (QED) is 0.318. The molecular weight excluding hydrogens is 438 g/mol. The first-order valence-electron chi connectivity index (χ1n) is 10.7. The molecule has 1 aliphatic heterocycles. The Kier molecular flexibility index (Phi) is 6.29. The molecule has 2 heterocycles. The number of carbonyl (C=O) groups excluding carboxylic acids is 2. The number of ether oxygens (including phenoxy) is 1. The average Bonchev–Trinajstić information content (AvgIpc) is 3.34. The number of aryl methyl sites for hydroxylation is 3. The second-order valence-corrected chi connectivity index (χ2v) is 9.17. The molecule has 4 rings (SSSR count). The van der Waals surface area contributed by atoms with Gasteiger partial charge >= 0.3 is 5.91 Å². The molecule has 0 radical (unpaired) electrons. The highest BCUT2D eigenvalue weighted by atomic mass is 32.1. The van der Waals surface area contributed by atoms with Gasteiger partial charge in [0, 0.05) is 5.56 Å². The molecule has 1 atom stereocenters. The SMILES string of the molecule is CCCOc1ccc(C2/C(=C(\O)c3cc(C)ccc3C)C(=O)C(=O)N2c2nnc(C)s2)cc1. The van der Waals surface area contributed by atoms with Gasteiger partial charge in [-0.3, -0.25) is 14.5 Å². The molecule has 0 spiro atoms. The summed E-state index contributed by atoms with van der Waals surface area (Å²) in [4.78, 5) is 27.7. The summed E-state index contributed by atoms with van der Waals surface area (Å²) in [5.41, 5.74) is 2.96. The number of carbonyl (C=O) groups is 2. The Morgan fingerprint density at radius 3 is 2.45 bits per heavy atom. The van der Waals surface area contributed by atoms with E-state index in [2.05, 4.69) is 10.2 Å². The molecule has 0 bridgehead atoms. The lowest BCUT2D eigenvalue weighted by Crippen LogP contribution is -2.29. The van der Waals surface area contributed by atoms with Gasteiger partial charge in [-0.05, 0) is 56.5 Å². The molecule has 1 N–H and O–H groups in total. The van der Waals surface area contributed by atoms with Gasteiger partial charge in [-0.2, -0.15) is 0 Å². The fourth-order valence-electron chi connectivity index (χ4n) is 3.83. The van der Waals surface area contributed by atoms with Crippen molar-refractivity contribution in [2.45, 2.75) is 40.2 Å². The van der Waals surface area contributed by atoms with Crippen LogP contribution in [0.1, 0.15) is 46.6 Å². The van der Waals surface area contributed by atoms with E-state index < -0.39 is 17.7 Å². The summed E-state index contributed by atoms with van der Waals surface area (Å²) in [6.07, 6.45) is 0.883. The van der Waals surface area contributed by atoms with E-state index in [-0.39, 0.29) is 11.3 Å². The minimum absolute atomic E-state index is 0.0313. The van der Waals surface area contributed by atoms with Gasteiger partial charge < -0.3 is 9.84 Å². The Morgan fingerprint density at radius 1 is 1.09 bits per heavy atom. The van der Waals surface area contributed by atoms with Crippen LogP contribution in [0.25, 0.3) is 5.76 Å². The average molecular weight is 464 g/mol. The molecule has 33 heavy (non-hydrogen) atoms. The first kappa shape index (κ1) is 22.7. The van der Waals surface area contributed by atoms with Crippen molar-refractivity contribution < 1.29 is 19.4 Å². The largest absolute Gasteiger partial charge is 0.507 e. The molecule has 1 fully saturated rings. The Balaban J connectivity index is 1.89. The molecule has 1 aliphatic rings. The summed E-state index contributed by atoms with van der Waals surface area (Å²) in [5.74, 6) is -1.000. The summed E-state index contributed by atoms with van der Waals surface area (Å²) in [5, 5.41) is 20.4. The second-order valence-electron chi connectivity index (χ2n) is 8.01. The molecular formula is C25H25N3O4S. The van der Waals surface area contributed by atoms with E-state index >= 15 is 0 Å². The van der Waals surface area contributed by atoms with Crippen molar-refractivity contribution in [2.75, 3.05) is 11.5 Å². The van der Waals surface area contributed by atoms with Crippen LogP contribution in [-0.2, 0) is 9.59 Å². The highest BCUT2D eigenvalue weighted by Gasteiger charge is 2.48. The number of aliphatic hydroxyl groups excluding tert-OH is 1. The van der Waals surface area contributed by atoms with Gasteiger partial charge in [0.2, 0.25) is 5.13 Å². The zero-order valence-corrected chi connectivity index (χ0v) is 19.8. The lowest BCUT2D eigenvalue weighted by atomic mass is 9.93. The summed E-state index contributed by atoms with van der Waals surface area (Å²) in [7, 11) is 0. The fourth-order valence-corrected chi connectivity index (χ4v) is 4.55. The van der Waals surface area contributed by atoms with E-state index in [4.69, 9.17) is 4.74 Å². The summed E-state index contributed by atoms with van der Waals surface area (Å²) in [6.45, 7) is 8.16. The monoisotopic (exact) mass is 463 g/mol. The van der Waals surface area contributed by atoms with E-state index in [0.717, 1.165) is 17.5 Å².